The summed E-state index contributed by atoms with van der Waals surface area (Å²) in [7, 11) is -4.42. The van der Waals surface area contributed by atoms with Gasteiger partial charge in [0.2, 0.25) is 0 Å². The number of hydrogen-bond donors (Lipinski definition) is 1. The van der Waals surface area contributed by atoms with Gasteiger partial charge in [-0.15, -0.1) is 0 Å². The maximum atomic E-state index is 13.1. The highest BCUT2D eigenvalue weighted by atomic mass is 35.5. The molecule has 0 aliphatic rings. The molecular weight excluding hydrogens is 398 g/mol. The number of halogens is 5. The van der Waals surface area contributed by atoms with Crippen LogP contribution in [0.3, 0.4) is 0 Å². The first-order valence-electron chi connectivity index (χ1n) is 6.86. The Balaban J connectivity index is 2.28. The highest BCUT2D eigenvalue weighted by molar-refractivity contribution is 7.93. The summed E-state index contributed by atoms with van der Waals surface area (Å²) in [5.41, 5.74) is -2.28. The topological polar surface area (TPSA) is 63.2 Å². The maximum Gasteiger partial charge on any atom is 0.417 e. The number of carbonyl (C=O) groups excluding carboxylic acids is 1. The first kappa shape index (κ1) is 19.9. The Morgan fingerprint density at radius 1 is 1.12 bits per heavy atom. The standard InChI is InChI=1S/C16H10ClF4NO3S/c17-14-4-2-1-3-10(14)7-8-26(24,25)22-15(23)12-6-5-11(18)9-13(12)16(19,20)21/h1-9H,(H,22,23). The van der Waals surface area contributed by atoms with Crippen LogP contribution in [0, 0.1) is 5.82 Å². The van der Waals surface area contributed by atoms with Crippen LogP contribution in [0.1, 0.15) is 21.5 Å². The van der Waals surface area contributed by atoms with Gasteiger partial charge in [-0.05, 0) is 35.9 Å². The number of nitrogens with one attached hydrogen (secondary N) is 1. The molecule has 0 bridgehead atoms. The maximum absolute atomic E-state index is 13.1. The minimum atomic E-state index is -5.04. The van der Waals surface area contributed by atoms with Crippen molar-refractivity contribution in [3.8, 4) is 0 Å². The molecule has 0 fully saturated rings. The molecule has 0 unspecified atom stereocenters. The fraction of sp³-hybridized carbons (Fsp3) is 0.0625. The molecular formula is C16H10ClF4NO3S. The van der Waals surface area contributed by atoms with Gasteiger partial charge in [0, 0.05) is 5.02 Å². The molecule has 0 radical (unpaired) electrons. The summed E-state index contributed by atoms with van der Waals surface area (Å²) in [4.78, 5) is 11.9. The Labute approximate surface area is 151 Å². The van der Waals surface area contributed by atoms with E-state index < -0.39 is 39.1 Å². The van der Waals surface area contributed by atoms with Crippen molar-refractivity contribution in [1.82, 2.24) is 4.72 Å². The predicted octanol–water partition coefficient (Wildman–Crippen LogP) is 4.23. The van der Waals surface area contributed by atoms with Crippen molar-refractivity contribution in [3.63, 3.8) is 0 Å². The summed E-state index contributed by atoms with van der Waals surface area (Å²) < 4.78 is 77.1. The number of amides is 1. The van der Waals surface area contributed by atoms with Gasteiger partial charge in [-0.3, -0.25) is 4.79 Å². The van der Waals surface area contributed by atoms with E-state index >= 15 is 0 Å². The Hall–Kier alpha value is -2.39. The van der Waals surface area contributed by atoms with E-state index in [0.29, 0.717) is 23.1 Å². The van der Waals surface area contributed by atoms with Gasteiger partial charge < -0.3 is 0 Å². The zero-order valence-electron chi connectivity index (χ0n) is 12.7. The Kier molecular flexibility index (Phi) is 5.72. The predicted molar refractivity (Wildman–Crippen MR) is 88.3 cm³/mol. The lowest BCUT2D eigenvalue weighted by atomic mass is 10.1. The van der Waals surface area contributed by atoms with Crippen LogP contribution in [-0.4, -0.2) is 14.3 Å². The summed E-state index contributed by atoms with van der Waals surface area (Å²) in [5.74, 6) is -2.75. The van der Waals surface area contributed by atoms with Crippen molar-refractivity contribution in [2.75, 3.05) is 0 Å². The van der Waals surface area contributed by atoms with Gasteiger partial charge >= 0.3 is 6.18 Å². The SMILES string of the molecule is O=C(NS(=O)(=O)C=Cc1ccccc1Cl)c1ccc(F)cc1C(F)(F)F. The molecule has 10 heteroatoms. The zero-order chi connectivity index (χ0) is 19.5. The fourth-order valence-corrected chi connectivity index (χ4v) is 2.90. The molecule has 2 aromatic rings. The summed E-state index contributed by atoms with van der Waals surface area (Å²) in [6, 6.07) is 7.49. The van der Waals surface area contributed by atoms with Gasteiger partial charge in [-0.25, -0.2) is 17.5 Å². The molecule has 0 saturated carbocycles. The minimum absolute atomic E-state index is 0.112. The zero-order valence-corrected chi connectivity index (χ0v) is 14.3. The quantitative estimate of drug-likeness (QED) is 0.771. The molecule has 2 rings (SSSR count). The van der Waals surface area contributed by atoms with Crippen molar-refractivity contribution in [1.29, 1.82) is 0 Å². The van der Waals surface area contributed by atoms with Crippen LogP contribution in [0.2, 0.25) is 5.02 Å². The lowest BCUT2D eigenvalue weighted by molar-refractivity contribution is -0.138. The van der Waals surface area contributed by atoms with E-state index in [2.05, 4.69) is 0 Å². The molecule has 4 nitrogen and oxygen atoms in total. The third kappa shape index (κ3) is 5.06. The smallest absolute Gasteiger partial charge is 0.268 e. The lowest BCUT2D eigenvalue weighted by Crippen LogP contribution is -2.30. The molecule has 138 valence electrons. The monoisotopic (exact) mass is 407 g/mol. The second-order valence-corrected chi connectivity index (χ2v) is 6.96. The van der Waals surface area contributed by atoms with E-state index in [1.807, 2.05) is 0 Å². The van der Waals surface area contributed by atoms with Gasteiger partial charge in [-0.2, -0.15) is 13.2 Å². The molecule has 1 N–H and O–H groups in total. The number of carbonyl (C=O) groups is 1. The first-order chi connectivity index (χ1) is 12.0. The molecule has 0 aliphatic carbocycles. The van der Waals surface area contributed by atoms with Gasteiger partial charge in [-0.1, -0.05) is 29.8 Å². The number of benzene rings is 2. The molecule has 1 amide bonds. The molecule has 0 atom stereocenters. The van der Waals surface area contributed by atoms with E-state index in [4.69, 9.17) is 11.6 Å². The average Bonchev–Trinajstić information content (AvgIpc) is 2.52. The highest BCUT2D eigenvalue weighted by Crippen LogP contribution is 2.32. The van der Waals surface area contributed by atoms with E-state index in [1.165, 1.54) is 16.9 Å². The van der Waals surface area contributed by atoms with Crippen molar-refractivity contribution in [3.05, 3.63) is 75.4 Å². The highest BCUT2D eigenvalue weighted by Gasteiger charge is 2.36. The summed E-state index contributed by atoms with van der Waals surface area (Å²) in [6.45, 7) is 0. The van der Waals surface area contributed by atoms with E-state index in [1.54, 1.807) is 12.1 Å². The van der Waals surface area contributed by atoms with Gasteiger partial charge in [0.1, 0.15) is 5.82 Å². The van der Waals surface area contributed by atoms with Gasteiger partial charge in [0.05, 0.1) is 16.5 Å². The Morgan fingerprint density at radius 3 is 2.38 bits per heavy atom. The van der Waals surface area contributed by atoms with Gasteiger partial charge in [0.25, 0.3) is 15.9 Å². The molecule has 0 aliphatic heterocycles. The normalized spacial score (nSPS) is 12.3. The molecule has 0 spiro atoms. The summed E-state index contributed by atoms with van der Waals surface area (Å²) in [6.07, 6.45) is -3.96. The Morgan fingerprint density at radius 2 is 1.77 bits per heavy atom. The van der Waals surface area contributed by atoms with E-state index in [9.17, 15) is 30.8 Å². The average molecular weight is 408 g/mol. The van der Waals surface area contributed by atoms with Crippen molar-refractivity contribution < 1.29 is 30.8 Å². The molecule has 0 aromatic heterocycles. The van der Waals surface area contributed by atoms with Crippen LogP contribution >= 0.6 is 11.6 Å². The fourth-order valence-electron chi connectivity index (χ4n) is 1.94. The third-order valence-corrected chi connectivity index (χ3v) is 4.41. The largest absolute Gasteiger partial charge is 0.417 e. The second-order valence-electron chi connectivity index (χ2n) is 4.99. The van der Waals surface area contributed by atoms with Crippen molar-refractivity contribution >= 4 is 33.6 Å². The lowest BCUT2D eigenvalue weighted by Gasteiger charge is -2.12. The molecule has 0 saturated heterocycles. The van der Waals surface area contributed by atoms with Crippen molar-refractivity contribution in [2.24, 2.45) is 0 Å². The first-order valence-corrected chi connectivity index (χ1v) is 8.78. The number of alkyl halides is 3. The summed E-state index contributed by atoms with van der Waals surface area (Å²) >= 11 is 5.85. The molecule has 2 aromatic carbocycles. The van der Waals surface area contributed by atoms with Gasteiger partial charge in [0.15, 0.2) is 0 Å². The van der Waals surface area contributed by atoms with Crippen molar-refractivity contribution in [2.45, 2.75) is 6.18 Å². The van der Waals surface area contributed by atoms with E-state index in [0.717, 1.165) is 6.08 Å². The van der Waals surface area contributed by atoms with Crippen LogP contribution in [0.25, 0.3) is 6.08 Å². The Bertz CT molecular complexity index is 972. The molecule has 0 heterocycles. The minimum Gasteiger partial charge on any atom is -0.268 e. The number of hydrogen-bond acceptors (Lipinski definition) is 3. The third-order valence-electron chi connectivity index (χ3n) is 3.10. The van der Waals surface area contributed by atoms with Crippen LogP contribution in [0.4, 0.5) is 17.6 Å². The number of sulfonamides is 1. The van der Waals surface area contributed by atoms with Crippen LogP contribution in [0.15, 0.2) is 47.9 Å². The van der Waals surface area contributed by atoms with Crippen LogP contribution < -0.4 is 4.72 Å². The van der Waals surface area contributed by atoms with Crippen LogP contribution in [-0.2, 0) is 16.2 Å². The molecule has 26 heavy (non-hydrogen) atoms. The van der Waals surface area contributed by atoms with E-state index in [-0.39, 0.29) is 11.1 Å². The number of rotatable bonds is 4. The summed E-state index contributed by atoms with van der Waals surface area (Å²) in [5, 5.41) is 0.825. The van der Waals surface area contributed by atoms with Crippen LogP contribution in [0.5, 0.6) is 0 Å². The second kappa shape index (κ2) is 7.46.